The molecule has 0 spiro atoms. The van der Waals surface area contributed by atoms with Crippen LogP contribution in [0.3, 0.4) is 0 Å². The average Bonchev–Trinajstić information content (AvgIpc) is 2.86. The van der Waals surface area contributed by atoms with Crippen molar-refractivity contribution in [3.63, 3.8) is 0 Å². The van der Waals surface area contributed by atoms with Crippen molar-refractivity contribution >= 4 is 69.8 Å². The largest absolute Gasteiger partial charge is 2.00 e. The van der Waals surface area contributed by atoms with E-state index >= 15 is 0 Å². The van der Waals surface area contributed by atoms with Crippen LogP contribution in [0.5, 0.6) is 0 Å². The number of alkyl halides is 2. The molecule has 0 saturated heterocycles. The maximum atomic E-state index is 11.4. The normalized spacial score (nSPS) is 11.8. The topological polar surface area (TPSA) is 133 Å². The zero-order chi connectivity index (χ0) is 27.6. The molecule has 0 aliphatic heterocycles. The van der Waals surface area contributed by atoms with Crippen LogP contribution in [-0.2, 0) is 29.0 Å². The van der Waals surface area contributed by atoms with Gasteiger partial charge in [-0.2, -0.15) is 0 Å². The molecule has 2 unspecified atom stereocenters. The van der Waals surface area contributed by atoms with Gasteiger partial charge in [0, 0.05) is 25.7 Å². The molecule has 212 valence electrons. The third-order valence-corrected chi connectivity index (χ3v) is 6.27. The molecule has 0 aliphatic carbocycles. The molecular formula is C26H44Cl2MgO8. The van der Waals surface area contributed by atoms with Crippen LogP contribution in [0.1, 0.15) is 129 Å². The predicted molar refractivity (Wildman–Crippen MR) is 142 cm³/mol. The maximum Gasteiger partial charge on any atom is 2.00 e. The fourth-order valence-electron chi connectivity index (χ4n) is 3.43. The number of carbonyl (C=O) groups is 4. The van der Waals surface area contributed by atoms with Crippen molar-refractivity contribution in [3.8, 4) is 0 Å². The van der Waals surface area contributed by atoms with Gasteiger partial charge in [0.05, 0.1) is 0 Å². The third-order valence-electron chi connectivity index (χ3n) is 5.61. The summed E-state index contributed by atoms with van der Waals surface area (Å²) in [7, 11) is 0. The van der Waals surface area contributed by atoms with Gasteiger partial charge in [-0.15, -0.1) is 23.2 Å². The molecule has 0 heterocycles. The van der Waals surface area contributed by atoms with Crippen LogP contribution in [0, 0.1) is 0 Å². The molecule has 0 aromatic heterocycles. The number of rotatable bonds is 22. The van der Waals surface area contributed by atoms with Gasteiger partial charge in [0.25, 0.3) is 0 Å². The standard InChI is InChI=1S/2C13H23ClO4.Mg/c2*1-2-3-4-5-6-7-8-9-11(15)10-12(14)13(16)18-17;/h2*12,17H,2-10H2,1H3;/q;;+2/p-2. The van der Waals surface area contributed by atoms with Gasteiger partial charge < -0.3 is 20.3 Å². The van der Waals surface area contributed by atoms with Crippen LogP contribution >= 0.6 is 23.2 Å². The molecule has 0 saturated carbocycles. The molecule has 37 heavy (non-hydrogen) atoms. The second-order valence-corrected chi connectivity index (χ2v) is 10.0. The molecule has 0 bridgehead atoms. The SMILES string of the molecule is CCCCCCCCCC(=O)CC(Cl)C(=O)O[O-].CCCCCCCCCC(=O)CC(Cl)C(=O)O[O-].[Mg+2]. The van der Waals surface area contributed by atoms with Crippen molar-refractivity contribution in [1.29, 1.82) is 0 Å². The Morgan fingerprint density at radius 3 is 1.11 bits per heavy atom. The molecule has 0 aromatic rings. The molecule has 0 aliphatic rings. The van der Waals surface area contributed by atoms with Crippen LogP contribution in [0.4, 0.5) is 0 Å². The van der Waals surface area contributed by atoms with E-state index in [1.54, 1.807) is 0 Å². The molecule has 0 radical (unpaired) electrons. The maximum absolute atomic E-state index is 11.4. The van der Waals surface area contributed by atoms with E-state index in [9.17, 15) is 29.7 Å². The Hall–Kier alpha value is -0.454. The second kappa shape index (κ2) is 30.1. The minimum absolute atomic E-state index is 0. The molecule has 0 amide bonds. The minimum Gasteiger partial charge on any atom is -0.662 e. The first-order chi connectivity index (χ1) is 17.2. The summed E-state index contributed by atoms with van der Waals surface area (Å²) in [6.45, 7) is 4.35. The Labute approximate surface area is 248 Å². The van der Waals surface area contributed by atoms with Crippen LogP contribution < -0.4 is 10.5 Å². The fraction of sp³-hybridized carbons (Fsp3) is 0.846. The van der Waals surface area contributed by atoms with Crippen molar-refractivity contribution in [2.75, 3.05) is 0 Å². The van der Waals surface area contributed by atoms with Gasteiger partial charge in [-0.05, 0) is 12.8 Å². The zero-order valence-corrected chi connectivity index (χ0v) is 25.5. The van der Waals surface area contributed by atoms with E-state index < -0.39 is 22.7 Å². The smallest absolute Gasteiger partial charge is 0.662 e. The van der Waals surface area contributed by atoms with Crippen LogP contribution in [0.25, 0.3) is 0 Å². The van der Waals surface area contributed by atoms with Crippen LogP contribution in [-0.4, -0.2) is 57.3 Å². The summed E-state index contributed by atoms with van der Waals surface area (Å²) in [6, 6.07) is 0. The summed E-state index contributed by atoms with van der Waals surface area (Å²) in [5.41, 5.74) is 0. The van der Waals surface area contributed by atoms with Crippen molar-refractivity contribution in [3.05, 3.63) is 0 Å². The summed E-state index contributed by atoms with van der Waals surface area (Å²) < 4.78 is 0. The number of hydrogen-bond donors (Lipinski definition) is 0. The number of ketones is 2. The Bertz CT molecular complexity index is 543. The Balaban J connectivity index is -0.000000608. The Morgan fingerprint density at radius 2 is 0.838 bits per heavy atom. The molecule has 0 fully saturated rings. The van der Waals surface area contributed by atoms with E-state index in [1.165, 1.54) is 51.4 Å². The molecule has 0 N–H and O–H groups in total. The van der Waals surface area contributed by atoms with Gasteiger partial charge in [0.1, 0.15) is 22.3 Å². The van der Waals surface area contributed by atoms with Gasteiger partial charge in [0.2, 0.25) is 0 Å². The van der Waals surface area contributed by atoms with Crippen molar-refractivity contribution in [2.24, 2.45) is 0 Å². The summed E-state index contributed by atoms with van der Waals surface area (Å²) in [5.74, 6) is -2.34. The van der Waals surface area contributed by atoms with Gasteiger partial charge in [-0.25, -0.2) is 0 Å². The zero-order valence-electron chi connectivity index (χ0n) is 22.6. The molecule has 0 rings (SSSR count). The summed E-state index contributed by atoms with van der Waals surface area (Å²) in [4.78, 5) is 50.7. The predicted octanol–water partition coefficient (Wildman–Crippen LogP) is 4.64. The number of Topliss-reactive ketones (excluding diaryl/α,β-unsaturated/α-hetero) is 2. The number of carbonyl (C=O) groups excluding carboxylic acids is 4. The molecular weight excluding hydrogens is 535 g/mol. The van der Waals surface area contributed by atoms with E-state index in [2.05, 4.69) is 23.6 Å². The van der Waals surface area contributed by atoms with Crippen LogP contribution in [0.2, 0.25) is 0 Å². The number of unbranched alkanes of at least 4 members (excludes halogenated alkanes) is 12. The quantitative estimate of drug-likeness (QED) is 0.0595. The van der Waals surface area contributed by atoms with Crippen molar-refractivity contribution in [2.45, 2.75) is 140 Å². The van der Waals surface area contributed by atoms with Gasteiger partial charge in [-0.1, -0.05) is 90.9 Å². The van der Waals surface area contributed by atoms with E-state index in [0.29, 0.717) is 12.8 Å². The fourth-order valence-corrected chi connectivity index (χ4v) is 3.85. The minimum atomic E-state index is -1.14. The Morgan fingerprint density at radius 1 is 0.568 bits per heavy atom. The first-order valence-corrected chi connectivity index (χ1v) is 14.1. The molecule has 2 atom stereocenters. The number of halogens is 2. The van der Waals surface area contributed by atoms with E-state index in [0.717, 1.165) is 38.5 Å². The monoisotopic (exact) mass is 578 g/mol. The van der Waals surface area contributed by atoms with E-state index in [1.807, 2.05) is 0 Å². The van der Waals surface area contributed by atoms with Crippen molar-refractivity contribution < 1.29 is 39.5 Å². The third kappa shape index (κ3) is 28.4. The molecule has 8 nitrogen and oxygen atoms in total. The average molecular weight is 580 g/mol. The van der Waals surface area contributed by atoms with Gasteiger partial charge in [0.15, 0.2) is 0 Å². The number of hydrogen-bond acceptors (Lipinski definition) is 8. The van der Waals surface area contributed by atoms with E-state index in [4.69, 9.17) is 23.2 Å². The van der Waals surface area contributed by atoms with Crippen molar-refractivity contribution in [1.82, 2.24) is 0 Å². The first kappa shape index (κ1) is 41.0. The summed E-state index contributed by atoms with van der Waals surface area (Å²) >= 11 is 11.1. The summed E-state index contributed by atoms with van der Waals surface area (Å²) in [5, 5.41) is 17.3. The van der Waals surface area contributed by atoms with E-state index in [-0.39, 0.29) is 47.5 Å². The molecule has 11 heteroatoms. The second-order valence-electron chi connectivity index (χ2n) is 8.97. The first-order valence-electron chi connectivity index (χ1n) is 13.2. The van der Waals surface area contributed by atoms with Gasteiger partial charge >= 0.3 is 35.0 Å². The van der Waals surface area contributed by atoms with Crippen LogP contribution in [0.15, 0.2) is 0 Å². The Kier molecular flexibility index (Phi) is 33.4. The summed E-state index contributed by atoms with van der Waals surface area (Å²) in [6.07, 6.45) is 16.5. The molecule has 0 aromatic carbocycles. The van der Waals surface area contributed by atoms with Gasteiger partial charge in [-0.3, -0.25) is 19.2 Å².